The van der Waals surface area contributed by atoms with Gasteiger partial charge in [0.1, 0.15) is 0 Å². The second-order valence-electron chi connectivity index (χ2n) is 2.58. The summed E-state index contributed by atoms with van der Waals surface area (Å²) < 4.78 is 13.1. The van der Waals surface area contributed by atoms with Crippen LogP contribution in [0.15, 0.2) is 12.1 Å². The summed E-state index contributed by atoms with van der Waals surface area (Å²) >= 11 is 0. The minimum atomic E-state index is -1.16. The first kappa shape index (κ1) is 10.0. The van der Waals surface area contributed by atoms with Crippen molar-refractivity contribution in [3.63, 3.8) is 0 Å². The molecule has 1 aromatic carbocycles. The van der Waals surface area contributed by atoms with Gasteiger partial charge in [0, 0.05) is 6.07 Å². The highest BCUT2D eigenvalue weighted by Crippen LogP contribution is 2.30. The van der Waals surface area contributed by atoms with Gasteiger partial charge in [0.25, 0.3) is 0 Å². The van der Waals surface area contributed by atoms with Crippen molar-refractivity contribution in [3.8, 4) is 0 Å². The van der Waals surface area contributed by atoms with E-state index < -0.39 is 27.0 Å². The van der Waals surface area contributed by atoms with Gasteiger partial charge in [0.2, 0.25) is 5.82 Å². The van der Waals surface area contributed by atoms with Gasteiger partial charge in [-0.2, -0.15) is 4.39 Å². The molecule has 7 heteroatoms. The first-order valence-corrected chi connectivity index (χ1v) is 3.53. The summed E-state index contributed by atoms with van der Waals surface area (Å²) in [6, 6.07) is 2.04. The minimum absolute atomic E-state index is 0.00213. The van der Waals surface area contributed by atoms with E-state index >= 15 is 0 Å². The summed E-state index contributed by atoms with van der Waals surface area (Å²) in [7, 11) is 0. The molecule has 0 aliphatic heterocycles. The number of nitrogens with zero attached hydrogens (tertiary/aromatic N) is 2. The van der Waals surface area contributed by atoms with Crippen LogP contribution in [-0.2, 0) is 0 Å². The van der Waals surface area contributed by atoms with Crippen molar-refractivity contribution >= 4 is 11.4 Å². The van der Waals surface area contributed by atoms with Crippen LogP contribution in [0.5, 0.6) is 0 Å². The highest BCUT2D eigenvalue weighted by Gasteiger charge is 2.29. The first-order chi connectivity index (χ1) is 6.45. The van der Waals surface area contributed by atoms with Gasteiger partial charge in [0.05, 0.1) is 9.85 Å². The second-order valence-corrected chi connectivity index (χ2v) is 2.58. The Morgan fingerprint density at radius 1 is 1.21 bits per heavy atom. The van der Waals surface area contributed by atoms with Crippen LogP contribution in [0, 0.1) is 33.0 Å². The molecule has 0 aliphatic carbocycles. The van der Waals surface area contributed by atoms with Gasteiger partial charge in [-0.05, 0) is 18.6 Å². The molecule has 0 atom stereocenters. The third kappa shape index (κ3) is 1.51. The average Bonchev–Trinajstić information content (AvgIpc) is 2.08. The maximum atomic E-state index is 13.1. The Kier molecular flexibility index (Phi) is 2.41. The van der Waals surface area contributed by atoms with Crippen LogP contribution in [0.1, 0.15) is 5.56 Å². The Morgan fingerprint density at radius 3 is 2.21 bits per heavy atom. The minimum Gasteiger partial charge on any atom is -0.258 e. The number of nitro groups is 2. The van der Waals surface area contributed by atoms with Crippen LogP contribution in [-0.4, -0.2) is 9.85 Å². The topological polar surface area (TPSA) is 86.3 Å². The van der Waals surface area contributed by atoms with E-state index in [0.717, 1.165) is 12.1 Å². The van der Waals surface area contributed by atoms with E-state index in [9.17, 15) is 24.6 Å². The predicted octanol–water partition coefficient (Wildman–Crippen LogP) is 1.95. The molecule has 0 amide bonds. The van der Waals surface area contributed by atoms with Crippen molar-refractivity contribution in [2.45, 2.75) is 6.92 Å². The molecule has 1 aromatic rings. The molecule has 1 rings (SSSR count). The van der Waals surface area contributed by atoms with Gasteiger partial charge in [-0.1, -0.05) is 0 Å². The largest absolute Gasteiger partial charge is 0.381 e. The highest BCUT2D eigenvalue weighted by molar-refractivity contribution is 5.55. The third-order valence-electron chi connectivity index (χ3n) is 1.67. The molecule has 0 radical (unpaired) electrons. The quantitative estimate of drug-likeness (QED) is 0.539. The monoisotopic (exact) mass is 200 g/mol. The molecule has 0 bridgehead atoms. The summed E-state index contributed by atoms with van der Waals surface area (Å²) in [5.74, 6) is -1.16. The van der Waals surface area contributed by atoms with Crippen molar-refractivity contribution in [2.75, 3.05) is 0 Å². The second kappa shape index (κ2) is 3.36. The number of nitro benzene ring substituents is 2. The van der Waals surface area contributed by atoms with Crippen LogP contribution in [0.25, 0.3) is 0 Å². The Morgan fingerprint density at radius 2 is 1.79 bits per heavy atom. The van der Waals surface area contributed by atoms with E-state index in [0.29, 0.717) is 0 Å². The number of rotatable bonds is 2. The molecule has 14 heavy (non-hydrogen) atoms. The SMILES string of the molecule is Cc1ccc([N+](=O)[O-])c([N+](=O)[O-])c1F. The fraction of sp³-hybridized carbons (Fsp3) is 0.143. The molecule has 74 valence electrons. The van der Waals surface area contributed by atoms with Crippen molar-refractivity contribution in [1.82, 2.24) is 0 Å². The zero-order valence-corrected chi connectivity index (χ0v) is 7.06. The Balaban J connectivity index is 3.53. The molecule has 0 heterocycles. The van der Waals surface area contributed by atoms with Crippen molar-refractivity contribution in [3.05, 3.63) is 43.7 Å². The molecule has 0 aliphatic rings. The molecular weight excluding hydrogens is 195 g/mol. The van der Waals surface area contributed by atoms with Gasteiger partial charge < -0.3 is 0 Å². The molecular formula is C7H5FN2O4. The predicted molar refractivity (Wildman–Crippen MR) is 44.4 cm³/mol. The van der Waals surface area contributed by atoms with E-state index in [4.69, 9.17) is 0 Å². The summed E-state index contributed by atoms with van der Waals surface area (Å²) in [6.07, 6.45) is 0. The Hall–Kier alpha value is -2.05. The average molecular weight is 200 g/mol. The van der Waals surface area contributed by atoms with Crippen molar-refractivity contribution in [1.29, 1.82) is 0 Å². The lowest BCUT2D eigenvalue weighted by atomic mass is 10.2. The number of benzene rings is 1. The number of hydrogen-bond acceptors (Lipinski definition) is 4. The molecule has 0 spiro atoms. The van der Waals surface area contributed by atoms with Crippen LogP contribution in [0.4, 0.5) is 15.8 Å². The fourth-order valence-corrected chi connectivity index (χ4v) is 0.976. The van der Waals surface area contributed by atoms with Crippen LogP contribution in [0.3, 0.4) is 0 Å². The van der Waals surface area contributed by atoms with Crippen molar-refractivity contribution < 1.29 is 14.2 Å². The molecule has 0 N–H and O–H groups in total. The number of aryl methyl sites for hydroxylation is 1. The molecule has 0 saturated carbocycles. The zero-order chi connectivity index (χ0) is 10.9. The highest BCUT2D eigenvalue weighted by atomic mass is 19.1. The lowest BCUT2D eigenvalue weighted by molar-refractivity contribution is -0.424. The van der Waals surface area contributed by atoms with E-state index in [1.807, 2.05) is 0 Å². The maximum Gasteiger partial charge on any atom is 0.381 e. The zero-order valence-electron chi connectivity index (χ0n) is 7.06. The van der Waals surface area contributed by atoms with Gasteiger partial charge in [0.15, 0.2) is 0 Å². The van der Waals surface area contributed by atoms with Gasteiger partial charge in [-0.3, -0.25) is 20.2 Å². The summed E-state index contributed by atoms with van der Waals surface area (Å²) in [6.45, 7) is 1.30. The standard InChI is InChI=1S/C7H5FN2O4/c1-4-2-3-5(9(11)12)7(6(4)8)10(13)14/h2-3H,1H3. The smallest absolute Gasteiger partial charge is 0.258 e. The summed E-state index contributed by atoms with van der Waals surface area (Å²) in [5.41, 5.74) is -1.92. The normalized spacial score (nSPS) is 9.86. The summed E-state index contributed by atoms with van der Waals surface area (Å²) in [5, 5.41) is 20.7. The number of hydrogen-bond donors (Lipinski definition) is 0. The van der Waals surface area contributed by atoms with E-state index in [-0.39, 0.29) is 5.56 Å². The fourth-order valence-electron chi connectivity index (χ4n) is 0.976. The van der Waals surface area contributed by atoms with E-state index in [1.165, 1.54) is 6.92 Å². The van der Waals surface area contributed by atoms with Crippen LogP contribution >= 0.6 is 0 Å². The Labute approximate surface area is 77.3 Å². The molecule has 0 aromatic heterocycles. The molecule has 6 nitrogen and oxygen atoms in total. The van der Waals surface area contributed by atoms with Crippen LogP contribution < -0.4 is 0 Å². The molecule has 0 fully saturated rings. The molecule has 0 saturated heterocycles. The van der Waals surface area contributed by atoms with Gasteiger partial charge in [-0.15, -0.1) is 0 Å². The van der Waals surface area contributed by atoms with Crippen LogP contribution in [0.2, 0.25) is 0 Å². The first-order valence-electron chi connectivity index (χ1n) is 3.53. The third-order valence-corrected chi connectivity index (χ3v) is 1.67. The number of halogens is 1. The van der Waals surface area contributed by atoms with Gasteiger partial charge in [-0.25, -0.2) is 0 Å². The summed E-state index contributed by atoms with van der Waals surface area (Å²) in [4.78, 5) is 18.6. The van der Waals surface area contributed by atoms with E-state index in [1.54, 1.807) is 0 Å². The lowest BCUT2D eigenvalue weighted by Gasteiger charge is -1.98. The van der Waals surface area contributed by atoms with E-state index in [2.05, 4.69) is 0 Å². The lowest BCUT2D eigenvalue weighted by Crippen LogP contribution is -2.00. The molecule has 0 unspecified atom stereocenters. The Bertz CT molecular complexity index is 418. The van der Waals surface area contributed by atoms with Gasteiger partial charge >= 0.3 is 11.4 Å². The van der Waals surface area contributed by atoms with Crippen molar-refractivity contribution in [2.24, 2.45) is 0 Å². The maximum absolute atomic E-state index is 13.1.